The van der Waals surface area contributed by atoms with E-state index in [4.69, 9.17) is 0 Å². The molecule has 1 aliphatic heterocycles. The summed E-state index contributed by atoms with van der Waals surface area (Å²) in [6.45, 7) is 6.01. The Kier molecular flexibility index (Phi) is 6.02. The number of nitrogens with one attached hydrogen (secondary N) is 1. The smallest absolute Gasteiger partial charge is 0.311 e. The van der Waals surface area contributed by atoms with Crippen LogP contribution >= 0.6 is 0 Å². The van der Waals surface area contributed by atoms with Crippen LogP contribution in [0.1, 0.15) is 16.7 Å². The van der Waals surface area contributed by atoms with E-state index in [0.29, 0.717) is 19.6 Å². The Morgan fingerprint density at radius 3 is 2.19 bits per heavy atom. The quantitative estimate of drug-likeness (QED) is 0.857. The van der Waals surface area contributed by atoms with E-state index in [1.54, 1.807) is 4.90 Å². The summed E-state index contributed by atoms with van der Waals surface area (Å²) in [4.78, 5) is 28.4. The molecule has 0 aliphatic carbocycles. The lowest BCUT2D eigenvalue weighted by molar-refractivity contribution is -0.147. The number of hydrogen-bond acceptors (Lipinski definition) is 3. The number of piperazine rings is 1. The fourth-order valence-electron chi connectivity index (χ4n) is 3.06. The standard InChI is InChI=1S/C21H25N3O2/c1-17-7-9-18(10-8-17)15-22-20(25)21(26)24-13-11-23(12-14-24)16-19-5-3-2-4-6-19/h2-10H,11-16H2,1H3,(H,22,25). The predicted octanol–water partition coefficient (Wildman–Crippen LogP) is 1.96. The highest BCUT2D eigenvalue weighted by Gasteiger charge is 2.25. The molecule has 0 radical (unpaired) electrons. The highest BCUT2D eigenvalue weighted by molar-refractivity contribution is 6.35. The van der Waals surface area contributed by atoms with E-state index in [0.717, 1.165) is 25.2 Å². The van der Waals surface area contributed by atoms with Gasteiger partial charge in [-0.15, -0.1) is 0 Å². The van der Waals surface area contributed by atoms with Crippen LogP contribution in [0, 0.1) is 6.92 Å². The zero-order chi connectivity index (χ0) is 18.4. The molecular weight excluding hydrogens is 326 g/mol. The fourth-order valence-corrected chi connectivity index (χ4v) is 3.06. The molecule has 1 heterocycles. The Labute approximate surface area is 154 Å². The van der Waals surface area contributed by atoms with Crippen molar-refractivity contribution in [3.05, 3.63) is 71.3 Å². The van der Waals surface area contributed by atoms with Gasteiger partial charge in [0.1, 0.15) is 0 Å². The number of carbonyl (C=O) groups excluding carboxylic acids is 2. The maximum atomic E-state index is 12.3. The largest absolute Gasteiger partial charge is 0.344 e. The monoisotopic (exact) mass is 351 g/mol. The summed E-state index contributed by atoms with van der Waals surface area (Å²) < 4.78 is 0. The van der Waals surface area contributed by atoms with Gasteiger partial charge in [-0.05, 0) is 18.1 Å². The summed E-state index contributed by atoms with van der Waals surface area (Å²) in [5.41, 5.74) is 3.43. The first-order valence-corrected chi connectivity index (χ1v) is 9.01. The molecule has 5 heteroatoms. The summed E-state index contributed by atoms with van der Waals surface area (Å²) in [7, 11) is 0. The van der Waals surface area contributed by atoms with E-state index in [1.165, 1.54) is 11.1 Å². The van der Waals surface area contributed by atoms with Gasteiger partial charge in [0.05, 0.1) is 0 Å². The summed E-state index contributed by atoms with van der Waals surface area (Å²) >= 11 is 0. The number of hydrogen-bond donors (Lipinski definition) is 1. The van der Waals surface area contributed by atoms with Gasteiger partial charge >= 0.3 is 11.8 Å². The van der Waals surface area contributed by atoms with E-state index in [9.17, 15) is 9.59 Å². The maximum absolute atomic E-state index is 12.3. The van der Waals surface area contributed by atoms with Crippen LogP contribution in [0.25, 0.3) is 0 Å². The Hall–Kier alpha value is -2.66. The first-order chi connectivity index (χ1) is 12.6. The number of amides is 2. The van der Waals surface area contributed by atoms with Crippen LogP contribution in [-0.2, 0) is 22.7 Å². The lowest BCUT2D eigenvalue weighted by Crippen LogP contribution is -2.52. The summed E-state index contributed by atoms with van der Waals surface area (Å²) in [6.07, 6.45) is 0. The van der Waals surface area contributed by atoms with Gasteiger partial charge in [-0.2, -0.15) is 0 Å². The van der Waals surface area contributed by atoms with Gasteiger partial charge in [0, 0.05) is 39.3 Å². The minimum absolute atomic E-state index is 0.374. The SMILES string of the molecule is Cc1ccc(CNC(=O)C(=O)N2CCN(Cc3ccccc3)CC2)cc1. The Bertz CT molecular complexity index is 736. The Morgan fingerprint density at radius 2 is 1.54 bits per heavy atom. The van der Waals surface area contributed by atoms with E-state index >= 15 is 0 Å². The average Bonchev–Trinajstić information content (AvgIpc) is 2.68. The molecule has 0 saturated carbocycles. The predicted molar refractivity (Wildman–Crippen MR) is 101 cm³/mol. The van der Waals surface area contributed by atoms with Crippen molar-refractivity contribution in [2.24, 2.45) is 0 Å². The van der Waals surface area contributed by atoms with Crippen molar-refractivity contribution in [1.29, 1.82) is 0 Å². The number of nitrogens with zero attached hydrogens (tertiary/aromatic N) is 2. The van der Waals surface area contributed by atoms with Crippen molar-refractivity contribution in [2.75, 3.05) is 26.2 Å². The molecule has 1 saturated heterocycles. The van der Waals surface area contributed by atoms with Crippen molar-refractivity contribution in [3.63, 3.8) is 0 Å². The highest BCUT2D eigenvalue weighted by Crippen LogP contribution is 2.09. The molecule has 26 heavy (non-hydrogen) atoms. The minimum Gasteiger partial charge on any atom is -0.344 e. The average molecular weight is 351 g/mol. The molecule has 1 fully saturated rings. The van der Waals surface area contributed by atoms with Crippen molar-refractivity contribution in [1.82, 2.24) is 15.1 Å². The van der Waals surface area contributed by atoms with Crippen LogP contribution < -0.4 is 5.32 Å². The van der Waals surface area contributed by atoms with Crippen LogP contribution in [0.4, 0.5) is 0 Å². The Balaban J connectivity index is 1.44. The van der Waals surface area contributed by atoms with E-state index in [-0.39, 0.29) is 0 Å². The molecule has 3 rings (SSSR count). The van der Waals surface area contributed by atoms with Crippen LogP contribution in [0.15, 0.2) is 54.6 Å². The van der Waals surface area contributed by atoms with Gasteiger partial charge in [-0.3, -0.25) is 14.5 Å². The maximum Gasteiger partial charge on any atom is 0.311 e. The van der Waals surface area contributed by atoms with Crippen LogP contribution in [0.5, 0.6) is 0 Å². The van der Waals surface area contributed by atoms with E-state index in [2.05, 4.69) is 22.3 Å². The molecule has 2 aromatic rings. The normalized spacial score (nSPS) is 14.9. The van der Waals surface area contributed by atoms with Crippen molar-refractivity contribution in [3.8, 4) is 0 Å². The van der Waals surface area contributed by atoms with Crippen molar-refractivity contribution in [2.45, 2.75) is 20.0 Å². The van der Waals surface area contributed by atoms with Crippen LogP contribution in [-0.4, -0.2) is 47.8 Å². The number of benzene rings is 2. The second-order valence-corrected chi connectivity index (χ2v) is 6.72. The molecule has 0 aromatic heterocycles. The molecule has 0 unspecified atom stereocenters. The molecule has 0 atom stereocenters. The molecule has 1 aliphatic rings. The summed E-state index contributed by atoms with van der Waals surface area (Å²) in [5, 5.41) is 2.72. The zero-order valence-corrected chi connectivity index (χ0v) is 15.1. The Morgan fingerprint density at radius 1 is 0.885 bits per heavy atom. The molecule has 136 valence electrons. The van der Waals surface area contributed by atoms with Crippen molar-refractivity contribution < 1.29 is 9.59 Å². The highest BCUT2D eigenvalue weighted by atomic mass is 16.2. The molecule has 2 amide bonds. The second kappa shape index (κ2) is 8.63. The van der Waals surface area contributed by atoms with Gasteiger partial charge < -0.3 is 10.2 Å². The van der Waals surface area contributed by atoms with E-state index < -0.39 is 11.8 Å². The molecule has 0 bridgehead atoms. The molecule has 0 spiro atoms. The van der Waals surface area contributed by atoms with Gasteiger partial charge in [-0.1, -0.05) is 60.2 Å². The van der Waals surface area contributed by atoms with Crippen molar-refractivity contribution >= 4 is 11.8 Å². The van der Waals surface area contributed by atoms with Gasteiger partial charge in [-0.25, -0.2) is 0 Å². The summed E-state index contributed by atoms with van der Waals surface area (Å²) in [5.74, 6) is -0.960. The first kappa shape index (κ1) is 18.1. The number of carbonyl (C=O) groups is 2. The van der Waals surface area contributed by atoms with Crippen LogP contribution in [0.2, 0.25) is 0 Å². The molecule has 5 nitrogen and oxygen atoms in total. The molecule has 2 aromatic carbocycles. The number of aryl methyl sites for hydroxylation is 1. The third kappa shape index (κ3) is 4.92. The van der Waals surface area contributed by atoms with Gasteiger partial charge in [0.2, 0.25) is 0 Å². The lowest BCUT2D eigenvalue weighted by Gasteiger charge is -2.34. The fraction of sp³-hybridized carbons (Fsp3) is 0.333. The topological polar surface area (TPSA) is 52.7 Å². The minimum atomic E-state index is -0.526. The third-order valence-corrected chi connectivity index (χ3v) is 4.68. The molecule has 1 N–H and O–H groups in total. The zero-order valence-electron chi connectivity index (χ0n) is 15.1. The third-order valence-electron chi connectivity index (χ3n) is 4.68. The van der Waals surface area contributed by atoms with E-state index in [1.807, 2.05) is 49.4 Å². The van der Waals surface area contributed by atoms with Crippen LogP contribution in [0.3, 0.4) is 0 Å². The lowest BCUT2D eigenvalue weighted by atomic mass is 10.1. The second-order valence-electron chi connectivity index (χ2n) is 6.72. The van der Waals surface area contributed by atoms with Gasteiger partial charge in [0.15, 0.2) is 0 Å². The first-order valence-electron chi connectivity index (χ1n) is 9.01. The number of rotatable bonds is 4. The summed E-state index contributed by atoms with van der Waals surface area (Å²) in [6, 6.07) is 18.2. The molecular formula is C21H25N3O2. The van der Waals surface area contributed by atoms with Gasteiger partial charge in [0.25, 0.3) is 0 Å².